The van der Waals surface area contributed by atoms with E-state index in [4.69, 9.17) is 0 Å². The third-order valence-corrected chi connectivity index (χ3v) is 5.02. The fourth-order valence-corrected chi connectivity index (χ4v) is 3.38. The van der Waals surface area contributed by atoms with E-state index in [1.807, 2.05) is 17.8 Å². The van der Waals surface area contributed by atoms with Gasteiger partial charge >= 0.3 is 0 Å². The van der Waals surface area contributed by atoms with E-state index in [0.717, 1.165) is 30.4 Å². The SMILES string of the molecule is CCc1nc(CNC(=NC)NCCSc2ccccc2)cs1.I. The van der Waals surface area contributed by atoms with Crippen molar-refractivity contribution in [1.29, 1.82) is 0 Å². The Labute approximate surface area is 163 Å². The molecule has 0 atom stereocenters. The number of guanidine groups is 1. The Bertz CT molecular complexity index is 587. The first-order chi connectivity index (χ1) is 10.8. The molecule has 1 aromatic carbocycles. The number of benzene rings is 1. The van der Waals surface area contributed by atoms with Gasteiger partial charge in [-0.2, -0.15) is 0 Å². The lowest BCUT2D eigenvalue weighted by Gasteiger charge is -2.10. The minimum Gasteiger partial charge on any atom is -0.356 e. The number of halogens is 1. The zero-order valence-electron chi connectivity index (χ0n) is 13.4. The molecule has 2 rings (SSSR count). The predicted molar refractivity (Wildman–Crippen MR) is 112 cm³/mol. The highest BCUT2D eigenvalue weighted by Gasteiger charge is 2.02. The maximum Gasteiger partial charge on any atom is 0.191 e. The zero-order chi connectivity index (χ0) is 15.6. The molecular weight excluding hydrogens is 439 g/mol. The summed E-state index contributed by atoms with van der Waals surface area (Å²) in [6.45, 7) is 3.71. The van der Waals surface area contributed by atoms with Crippen molar-refractivity contribution < 1.29 is 0 Å². The smallest absolute Gasteiger partial charge is 0.191 e. The average molecular weight is 462 g/mol. The molecular formula is C16H23IN4S2. The third kappa shape index (κ3) is 7.54. The van der Waals surface area contributed by atoms with E-state index < -0.39 is 0 Å². The van der Waals surface area contributed by atoms with E-state index in [0.29, 0.717) is 6.54 Å². The van der Waals surface area contributed by atoms with E-state index in [1.165, 1.54) is 9.90 Å². The van der Waals surface area contributed by atoms with Crippen LogP contribution < -0.4 is 10.6 Å². The van der Waals surface area contributed by atoms with Crippen LogP contribution >= 0.6 is 47.1 Å². The first-order valence-electron chi connectivity index (χ1n) is 7.37. The maximum atomic E-state index is 4.54. The highest BCUT2D eigenvalue weighted by atomic mass is 127. The van der Waals surface area contributed by atoms with Gasteiger partial charge in [-0.3, -0.25) is 4.99 Å². The Morgan fingerprint density at radius 3 is 2.70 bits per heavy atom. The Hall–Kier alpha value is -0.800. The van der Waals surface area contributed by atoms with Crippen molar-refractivity contribution in [3.05, 3.63) is 46.4 Å². The molecule has 0 aliphatic rings. The van der Waals surface area contributed by atoms with Crippen molar-refractivity contribution in [2.45, 2.75) is 24.8 Å². The van der Waals surface area contributed by atoms with E-state index in [-0.39, 0.29) is 24.0 Å². The van der Waals surface area contributed by atoms with Crippen LogP contribution in [0, 0.1) is 0 Å². The first kappa shape index (κ1) is 20.2. The van der Waals surface area contributed by atoms with Crippen LogP contribution in [0.2, 0.25) is 0 Å². The number of thioether (sulfide) groups is 1. The highest BCUT2D eigenvalue weighted by molar-refractivity contribution is 14.0. The summed E-state index contributed by atoms with van der Waals surface area (Å²) in [6, 6.07) is 10.4. The second-order valence-electron chi connectivity index (χ2n) is 4.60. The summed E-state index contributed by atoms with van der Waals surface area (Å²) in [5.41, 5.74) is 1.07. The highest BCUT2D eigenvalue weighted by Crippen LogP contribution is 2.15. The maximum absolute atomic E-state index is 4.54. The number of aliphatic imine (C=N–C) groups is 1. The van der Waals surface area contributed by atoms with Gasteiger partial charge in [-0.1, -0.05) is 25.1 Å². The molecule has 7 heteroatoms. The number of rotatable bonds is 7. The van der Waals surface area contributed by atoms with Crippen molar-refractivity contribution in [3.63, 3.8) is 0 Å². The van der Waals surface area contributed by atoms with Crippen molar-refractivity contribution in [2.75, 3.05) is 19.3 Å². The fourth-order valence-electron chi connectivity index (χ4n) is 1.84. The summed E-state index contributed by atoms with van der Waals surface area (Å²) >= 11 is 3.55. The fraction of sp³-hybridized carbons (Fsp3) is 0.375. The van der Waals surface area contributed by atoms with Crippen LogP contribution in [-0.4, -0.2) is 30.3 Å². The molecule has 0 radical (unpaired) electrons. The van der Waals surface area contributed by atoms with Crippen molar-refractivity contribution in [2.24, 2.45) is 4.99 Å². The normalized spacial score (nSPS) is 11.0. The molecule has 0 unspecified atom stereocenters. The van der Waals surface area contributed by atoms with E-state index in [1.54, 1.807) is 18.4 Å². The lowest BCUT2D eigenvalue weighted by atomic mass is 10.4. The minimum absolute atomic E-state index is 0. The van der Waals surface area contributed by atoms with Crippen molar-refractivity contribution >= 4 is 53.0 Å². The van der Waals surface area contributed by atoms with Gasteiger partial charge in [0.05, 0.1) is 17.2 Å². The monoisotopic (exact) mass is 462 g/mol. The second kappa shape index (κ2) is 11.7. The molecule has 0 amide bonds. The molecule has 0 saturated heterocycles. The lowest BCUT2D eigenvalue weighted by molar-refractivity contribution is 0.813. The Morgan fingerprint density at radius 2 is 2.04 bits per heavy atom. The summed E-state index contributed by atoms with van der Waals surface area (Å²) in [4.78, 5) is 10.1. The van der Waals surface area contributed by atoms with Gasteiger partial charge in [-0.05, 0) is 18.6 Å². The van der Waals surface area contributed by atoms with Gasteiger partial charge in [-0.25, -0.2) is 4.98 Å². The molecule has 1 heterocycles. The number of hydrogen-bond donors (Lipinski definition) is 2. The van der Waals surface area contributed by atoms with Crippen molar-refractivity contribution in [1.82, 2.24) is 15.6 Å². The zero-order valence-corrected chi connectivity index (χ0v) is 17.4. The molecule has 23 heavy (non-hydrogen) atoms. The summed E-state index contributed by atoms with van der Waals surface area (Å²) in [5.74, 6) is 1.82. The predicted octanol–water partition coefficient (Wildman–Crippen LogP) is 3.78. The van der Waals surface area contributed by atoms with Gasteiger partial charge in [0.25, 0.3) is 0 Å². The molecule has 0 aliphatic carbocycles. The van der Waals surface area contributed by atoms with Crippen LogP contribution in [-0.2, 0) is 13.0 Å². The van der Waals surface area contributed by atoms with Gasteiger partial charge in [0.15, 0.2) is 5.96 Å². The first-order valence-corrected chi connectivity index (χ1v) is 9.24. The van der Waals surface area contributed by atoms with E-state index in [2.05, 4.69) is 57.2 Å². The molecule has 0 bridgehead atoms. The molecule has 2 aromatic rings. The second-order valence-corrected chi connectivity index (χ2v) is 6.71. The number of nitrogens with zero attached hydrogens (tertiary/aromatic N) is 2. The lowest BCUT2D eigenvalue weighted by Crippen LogP contribution is -2.38. The summed E-state index contributed by atoms with van der Waals surface area (Å²) in [5, 5.41) is 9.90. The standard InChI is InChI=1S/C16H22N4S2.HI/c1-3-15-20-13(12-22-15)11-19-16(17-2)18-9-10-21-14-7-5-4-6-8-14;/h4-8,12H,3,9-11H2,1-2H3,(H2,17,18,19);1H. The Morgan fingerprint density at radius 1 is 1.26 bits per heavy atom. The summed E-state index contributed by atoms with van der Waals surface area (Å²) in [6.07, 6.45) is 0.994. The topological polar surface area (TPSA) is 49.3 Å². The van der Waals surface area contributed by atoms with E-state index >= 15 is 0 Å². The largest absolute Gasteiger partial charge is 0.356 e. The van der Waals surface area contributed by atoms with E-state index in [9.17, 15) is 0 Å². The Kier molecular flexibility index (Phi) is 10.3. The minimum atomic E-state index is 0. The molecule has 0 spiro atoms. The number of aromatic nitrogens is 1. The number of nitrogens with one attached hydrogen (secondary N) is 2. The van der Waals surface area contributed by atoms with Crippen molar-refractivity contribution in [3.8, 4) is 0 Å². The van der Waals surface area contributed by atoms with Gasteiger partial charge in [0.2, 0.25) is 0 Å². The third-order valence-electron chi connectivity index (χ3n) is 2.97. The number of hydrogen-bond acceptors (Lipinski definition) is 4. The van der Waals surface area contributed by atoms with Gasteiger partial charge in [-0.15, -0.1) is 47.1 Å². The molecule has 0 aliphatic heterocycles. The molecule has 2 N–H and O–H groups in total. The molecule has 0 saturated carbocycles. The average Bonchev–Trinajstić information content (AvgIpc) is 3.03. The summed E-state index contributed by atoms with van der Waals surface area (Å²) < 4.78 is 0. The van der Waals surface area contributed by atoms with Crippen LogP contribution in [0.25, 0.3) is 0 Å². The quantitative estimate of drug-likeness (QED) is 0.216. The molecule has 4 nitrogen and oxygen atoms in total. The van der Waals surface area contributed by atoms with Crippen LogP contribution in [0.4, 0.5) is 0 Å². The van der Waals surface area contributed by atoms with Crippen LogP contribution in [0.3, 0.4) is 0 Å². The molecule has 1 aromatic heterocycles. The number of aryl methyl sites for hydroxylation is 1. The molecule has 126 valence electrons. The van der Waals surface area contributed by atoms with Crippen LogP contribution in [0.1, 0.15) is 17.6 Å². The Balaban J connectivity index is 0.00000264. The summed E-state index contributed by atoms with van der Waals surface area (Å²) in [7, 11) is 1.79. The van der Waals surface area contributed by atoms with Crippen LogP contribution in [0.5, 0.6) is 0 Å². The number of thiazole rings is 1. The van der Waals surface area contributed by atoms with Gasteiger partial charge < -0.3 is 10.6 Å². The van der Waals surface area contributed by atoms with Gasteiger partial charge in [0.1, 0.15) is 0 Å². The van der Waals surface area contributed by atoms with Gasteiger partial charge in [0, 0.05) is 29.6 Å². The molecule has 0 fully saturated rings. The van der Waals surface area contributed by atoms with Crippen LogP contribution in [0.15, 0.2) is 45.6 Å².